The molecule has 0 amide bonds. The van der Waals surface area contributed by atoms with Crippen LogP contribution in [0.25, 0.3) is 5.69 Å². The van der Waals surface area contributed by atoms with E-state index >= 15 is 0 Å². The van der Waals surface area contributed by atoms with Crippen molar-refractivity contribution in [3.8, 4) is 5.69 Å². The van der Waals surface area contributed by atoms with Gasteiger partial charge in [-0.05, 0) is 26.0 Å². The van der Waals surface area contributed by atoms with E-state index in [9.17, 15) is 0 Å². The molecule has 3 heteroatoms. The van der Waals surface area contributed by atoms with E-state index in [1.54, 1.807) is 0 Å². The van der Waals surface area contributed by atoms with Crippen molar-refractivity contribution >= 4 is 5.82 Å². The summed E-state index contributed by atoms with van der Waals surface area (Å²) in [5.41, 5.74) is 3.35. The highest BCUT2D eigenvalue weighted by molar-refractivity contribution is 5.46. The van der Waals surface area contributed by atoms with Gasteiger partial charge in [0.25, 0.3) is 0 Å². The van der Waals surface area contributed by atoms with Gasteiger partial charge in [-0.1, -0.05) is 17.7 Å². The molecule has 0 saturated carbocycles. The molecule has 78 valence electrons. The fraction of sp³-hybridized carbons (Fsp3) is 0.250. The maximum atomic E-state index is 4.44. The largest absolute Gasteiger partial charge is 0.373 e. The van der Waals surface area contributed by atoms with Crippen LogP contribution in [0.5, 0.6) is 0 Å². The molecule has 0 aliphatic carbocycles. The lowest BCUT2D eigenvalue weighted by Crippen LogP contribution is -2.01. The Hall–Kier alpha value is -1.77. The molecule has 1 heterocycles. The first-order valence-electron chi connectivity index (χ1n) is 5.02. The zero-order valence-corrected chi connectivity index (χ0v) is 9.28. The maximum Gasteiger partial charge on any atom is 0.129 e. The Bertz CT molecular complexity index is 454. The molecule has 0 spiro atoms. The monoisotopic (exact) mass is 201 g/mol. The van der Waals surface area contributed by atoms with E-state index in [2.05, 4.69) is 41.6 Å². The molecule has 1 aromatic heterocycles. The van der Waals surface area contributed by atoms with Crippen LogP contribution < -0.4 is 5.32 Å². The van der Waals surface area contributed by atoms with Gasteiger partial charge in [0.05, 0.1) is 11.4 Å². The molecular weight excluding hydrogens is 186 g/mol. The van der Waals surface area contributed by atoms with E-state index in [0.29, 0.717) is 0 Å². The van der Waals surface area contributed by atoms with Gasteiger partial charge >= 0.3 is 0 Å². The van der Waals surface area contributed by atoms with Crippen LogP contribution >= 0.6 is 0 Å². The summed E-state index contributed by atoms with van der Waals surface area (Å²) in [5, 5.41) is 7.57. The number of nitrogens with one attached hydrogen (secondary N) is 1. The van der Waals surface area contributed by atoms with Crippen molar-refractivity contribution in [1.29, 1.82) is 0 Å². The van der Waals surface area contributed by atoms with E-state index in [0.717, 1.165) is 17.2 Å². The molecule has 0 bridgehead atoms. The predicted octanol–water partition coefficient (Wildman–Crippen LogP) is 2.53. The molecule has 1 aromatic carbocycles. The Labute approximate surface area is 89.7 Å². The van der Waals surface area contributed by atoms with Gasteiger partial charge in [-0.3, -0.25) is 0 Å². The number of rotatable bonds is 2. The number of benzene rings is 1. The smallest absolute Gasteiger partial charge is 0.129 e. The fourth-order valence-electron chi connectivity index (χ4n) is 1.56. The molecule has 0 aliphatic heterocycles. The van der Waals surface area contributed by atoms with Crippen LogP contribution in [0.4, 0.5) is 5.82 Å². The third-order valence-electron chi connectivity index (χ3n) is 2.37. The Morgan fingerprint density at radius 3 is 2.40 bits per heavy atom. The SMILES string of the molecule is CNc1cc(C)nn1-c1ccc(C)cc1. The Kier molecular flexibility index (Phi) is 2.46. The summed E-state index contributed by atoms with van der Waals surface area (Å²) in [6.45, 7) is 4.07. The zero-order valence-electron chi connectivity index (χ0n) is 9.28. The molecule has 1 N–H and O–H groups in total. The van der Waals surface area contributed by atoms with Crippen molar-refractivity contribution < 1.29 is 0 Å². The van der Waals surface area contributed by atoms with Crippen LogP contribution in [0.3, 0.4) is 0 Å². The Balaban J connectivity index is 2.48. The molecule has 0 aliphatic rings. The van der Waals surface area contributed by atoms with Crippen LogP contribution in [0.15, 0.2) is 30.3 Å². The fourth-order valence-corrected chi connectivity index (χ4v) is 1.56. The number of nitrogens with zero attached hydrogens (tertiary/aromatic N) is 2. The second-order valence-corrected chi connectivity index (χ2v) is 3.67. The predicted molar refractivity (Wildman–Crippen MR) is 62.6 cm³/mol. The molecule has 0 unspecified atom stereocenters. The minimum Gasteiger partial charge on any atom is -0.373 e. The van der Waals surface area contributed by atoms with E-state index in [4.69, 9.17) is 0 Å². The molecular formula is C12H15N3. The first-order valence-corrected chi connectivity index (χ1v) is 5.02. The molecule has 0 atom stereocenters. The van der Waals surface area contributed by atoms with Crippen LogP contribution in [-0.2, 0) is 0 Å². The van der Waals surface area contributed by atoms with Gasteiger partial charge in [-0.15, -0.1) is 0 Å². The lowest BCUT2D eigenvalue weighted by atomic mass is 10.2. The van der Waals surface area contributed by atoms with Crippen LogP contribution in [0.2, 0.25) is 0 Å². The summed E-state index contributed by atoms with van der Waals surface area (Å²) in [6, 6.07) is 10.3. The molecule has 2 rings (SSSR count). The van der Waals surface area contributed by atoms with Gasteiger partial charge in [0, 0.05) is 13.1 Å². The maximum absolute atomic E-state index is 4.44. The van der Waals surface area contributed by atoms with E-state index in [-0.39, 0.29) is 0 Å². The first-order chi connectivity index (χ1) is 7.20. The Morgan fingerprint density at radius 1 is 1.13 bits per heavy atom. The quantitative estimate of drug-likeness (QED) is 0.809. The van der Waals surface area contributed by atoms with E-state index in [1.807, 2.05) is 24.7 Å². The number of hydrogen-bond donors (Lipinski definition) is 1. The molecule has 3 nitrogen and oxygen atoms in total. The van der Waals surface area contributed by atoms with Gasteiger partial charge in [0.1, 0.15) is 5.82 Å². The molecule has 15 heavy (non-hydrogen) atoms. The summed E-state index contributed by atoms with van der Waals surface area (Å²) in [5.74, 6) is 1.01. The highest BCUT2D eigenvalue weighted by atomic mass is 15.3. The normalized spacial score (nSPS) is 10.3. The van der Waals surface area contributed by atoms with Gasteiger partial charge in [-0.2, -0.15) is 5.10 Å². The second-order valence-electron chi connectivity index (χ2n) is 3.67. The van der Waals surface area contributed by atoms with Gasteiger partial charge < -0.3 is 5.32 Å². The highest BCUT2D eigenvalue weighted by Gasteiger charge is 2.04. The number of anilines is 1. The van der Waals surface area contributed by atoms with E-state index < -0.39 is 0 Å². The highest BCUT2D eigenvalue weighted by Crippen LogP contribution is 2.16. The molecule has 0 fully saturated rings. The van der Waals surface area contributed by atoms with Gasteiger partial charge in [0.15, 0.2) is 0 Å². The minimum absolute atomic E-state index is 1.01. The van der Waals surface area contributed by atoms with Crippen LogP contribution in [0, 0.1) is 13.8 Å². The van der Waals surface area contributed by atoms with Gasteiger partial charge in [0.2, 0.25) is 0 Å². The summed E-state index contributed by atoms with van der Waals surface area (Å²) in [6.07, 6.45) is 0. The van der Waals surface area contributed by atoms with Crippen LogP contribution in [0.1, 0.15) is 11.3 Å². The number of aryl methyl sites for hydroxylation is 2. The van der Waals surface area contributed by atoms with Crippen molar-refractivity contribution in [3.63, 3.8) is 0 Å². The standard InChI is InChI=1S/C12H15N3/c1-9-4-6-11(7-5-9)15-12(13-3)8-10(2)14-15/h4-8,13H,1-3H3. The van der Waals surface area contributed by atoms with Crippen molar-refractivity contribution in [2.75, 3.05) is 12.4 Å². The molecule has 0 saturated heterocycles. The van der Waals surface area contributed by atoms with Crippen molar-refractivity contribution in [2.24, 2.45) is 0 Å². The third kappa shape index (κ3) is 1.86. The zero-order chi connectivity index (χ0) is 10.8. The van der Waals surface area contributed by atoms with Crippen LogP contribution in [-0.4, -0.2) is 16.8 Å². The molecule has 2 aromatic rings. The van der Waals surface area contributed by atoms with Gasteiger partial charge in [-0.25, -0.2) is 4.68 Å². The van der Waals surface area contributed by atoms with Crippen molar-refractivity contribution in [1.82, 2.24) is 9.78 Å². The van der Waals surface area contributed by atoms with E-state index in [1.165, 1.54) is 5.56 Å². The lowest BCUT2D eigenvalue weighted by Gasteiger charge is -2.06. The number of hydrogen-bond acceptors (Lipinski definition) is 2. The molecule has 0 radical (unpaired) electrons. The number of aromatic nitrogens is 2. The lowest BCUT2D eigenvalue weighted by molar-refractivity contribution is 0.867. The summed E-state index contributed by atoms with van der Waals surface area (Å²) in [7, 11) is 1.90. The minimum atomic E-state index is 1.01. The summed E-state index contributed by atoms with van der Waals surface area (Å²) < 4.78 is 1.91. The summed E-state index contributed by atoms with van der Waals surface area (Å²) >= 11 is 0. The second kappa shape index (κ2) is 3.77. The topological polar surface area (TPSA) is 29.9 Å². The first kappa shape index (κ1) is 9.77. The Morgan fingerprint density at radius 2 is 1.80 bits per heavy atom. The van der Waals surface area contributed by atoms with Crippen molar-refractivity contribution in [3.05, 3.63) is 41.6 Å². The average Bonchev–Trinajstić information content (AvgIpc) is 2.61. The average molecular weight is 201 g/mol. The third-order valence-corrected chi connectivity index (χ3v) is 2.37. The van der Waals surface area contributed by atoms with Crippen molar-refractivity contribution in [2.45, 2.75) is 13.8 Å². The summed E-state index contributed by atoms with van der Waals surface area (Å²) in [4.78, 5) is 0.